The Hall–Kier alpha value is -2.54. The van der Waals surface area contributed by atoms with Gasteiger partial charge in [0.05, 0.1) is 4.47 Å². The molecule has 0 aliphatic rings. The topological polar surface area (TPSA) is 58.6 Å². The maximum Gasteiger partial charge on any atom is 0.261 e. The highest BCUT2D eigenvalue weighted by Crippen LogP contribution is 2.28. The van der Waals surface area contributed by atoms with Crippen molar-refractivity contribution in [2.45, 2.75) is 32.4 Å². The third-order valence-corrected chi connectivity index (χ3v) is 6.40. The van der Waals surface area contributed by atoms with Crippen LogP contribution in [0, 0.1) is 0 Å². The highest BCUT2D eigenvalue weighted by atomic mass is 79.9. The molecule has 35 heavy (non-hydrogen) atoms. The van der Waals surface area contributed by atoms with Crippen LogP contribution >= 0.6 is 39.1 Å². The van der Waals surface area contributed by atoms with Gasteiger partial charge in [-0.3, -0.25) is 9.59 Å². The predicted octanol–water partition coefficient (Wildman–Crippen LogP) is 6.30. The Labute approximate surface area is 224 Å². The lowest BCUT2D eigenvalue weighted by atomic mass is 10.0. The molecule has 3 aromatic carbocycles. The average molecular weight is 578 g/mol. The van der Waals surface area contributed by atoms with Crippen LogP contribution in [0.5, 0.6) is 5.75 Å². The van der Waals surface area contributed by atoms with E-state index in [4.69, 9.17) is 27.9 Å². The van der Waals surface area contributed by atoms with Crippen molar-refractivity contribution < 1.29 is 14.3 Å². The van der Waals surface area contributed by atoms with Gasteiger partial charge in [-0.2, -0.15) is 0 Å². The van der Waals surface area contributed by atoms with Crippen LogP contribution in [-0.2, 0) is 22.6 Å². The van der Waals surface area contributed by atoms with Crippen molar-refractivity contribution in [2.75, 3.05) is 13.2 Å². The molecule has 0 aliphatic carbocycles. The van der Waals surface area contributed by atoms with E-state index in [0.29, 0.717) is 33.2 Å². The number of ether oxygens (including phenoxy) is 1. The van der Waals surface area contributed by atoms with Gasteiger partial charge in [-0.25, -0.2) is 0 Å². The van der Waals surface area contributed by atoms with Gasteiger partial charge in [-0.05, 0) is 63.8 Å². The Kier molecular flexibility index (Phi) is 10.5. The first kappa shape index (κ1) is 27.1. The van der Waals surface area contributed by atoms with Crippen LogP contribution in [0.15, 0.2) is 77.3 Å². The first-order chi connectivity index (χ1) is 16.9. The van der Waals surface area contributed by atoms with Crippen LogP contribution in [0.2, 0.25) is 10.0 Å². The molecule has 0 bridgehead atoms. The van der Waals surface area contributed by atoms with Crippen LogP contribution < -0.4 is 10.1 Å². The minimum absolute atomic E-state index is 0.209. The summed E-state index contributed by atoms with van der Waals surface area (Å²) >= 11 is 15.6. The Balaban J connectivity index is 1.90. The molecule has 0 unspecified atom stereocenters. The molecule has 0 aliphatic heterocycles. The van der Waals surface area contributed by atoms with E-state index in [2.05, 4.69) is 21.2 Å². The molecule has 0 aromatic heterocycles. The molecule has 5 nitrogen and oxygen atoms in total. The molecular formula is C27H27BrCl2N2O3. The van der Waals surface area contributed by atoms with Crippen molar-refractivity contribution in [2.24, 2.45) is 0 Å². The number of nitrogens with zero attached hydrogens (tertiary/aromatic N) is 1. The average Bonchev–Trinajstić information content (AvgIpc) is 2.84. The van der Waals surface area contributed by atoms with E-state index < -0.39 is 6.04 Å². The Morgan fingerprint density at radius 1 is 0.971 bits per heavy atom. The van der Waals surface area contributed by atoms with Gasteiger partial charge in [0, 0.05) is 29.6 Å². The molecule has 8 heteroatoms. The van der Waals surface area contributed by atoms with Gasteiger partial charge in [0.1, 0.15) is 11.8 Å². The summed E-state index contributed by atoms with van der Waals surface area (Å²) in [6.45, 7) is 2.48. The summed E-state index contributed by atoms with van der Waals surface area (Å²) in [5.74, 6) is -0.0429. The van der Waals surface area contributed by atoms with Crippen molar-refractivity contribution in [1.29, 1.82) is 0 Å². The van der Waals surface area contributed by atoms with Crippen LogP contribution in [0.4, 0.5) is 0 Å². The van der Waals surface area contributed by atoms with Gasteiger partial charge < -0.3 is 15.0 Å². The van der Waals surface area contributed by atoms with Crippen molar-refractivity contribution >= 4 is 50.9 Å². The number of hydrogen-bond acceptors (Lipinski definition) is 3. The second-order valence-corrected chi connectivity index (χ2v) is 9.74. The lowest BCUT2D eigenvalue weighted by molar-refractivity contribution is -0.142. The minimum atomic E-state index is -0.729. The number of hydrogen-bond donors (Lipinski definition) is 1. The SMILES string of the molecule is CCCNC(=O)[C@H](Cc1ccccc1)N(Cc1cccc(Cl)c1)C(=O)COc1ccc(Cl)cc1Br. The van der Waals surface area contributed by atoms with Crippen LogP contribution in [0.25, 0.3) is 0 Å². The molecule has 0 radical (unpaired) electrons. The summed E-state index contributed by atoms with van der Waals surface area (Å²) in [5.41, 5.74) is 1.77. The number of nitrogens with one attached hydrogen (secondary N) is 1. The quantitative estimate of drug-likeness (QED) is 0.291. The fourth-order valence-corrected chi connectivity index (χ4v) is 4.58. The van der Waals surface area contributed by atoms with E-state index in [-0.39, 0.29) is 25.0 Å². The highest BCUT2D eigenvalue weighted by Gasteiger charge is 2.30. The fourth-order valence-electron chi connectivity index (χ4n) is 3.57. The Morgan fingerprint density at radius 3 is 2.37 bits per heavy atom. The van der Waals surface area contributed by atoms with Gasteiger partial charge in [0.2, 0.25) is 5.91 Å². The van der Waals surface area contributed by atoms with Crippen LogP contribution in [0.1, 0.15) is 24.5 Å². The number of benzene rings is 3. The molecule has 0 saturated heterocycles. The molecule has 1 N–H and O–H groups in total. The highest BCUT2D eigenvalue weighted by molar-refractivity contribution is 9.10. The van der Waals surface area contributed by atoms with Crippen molar-refractivity contribution in [3.05, 3.63) is 98.4 Å². The minimum Gasteiger partial charge on any atom is -0.483 e. The zero-order chi connectivity index (χ0) is 25.2. The van der Waals surface area contributed by atoms with Gasteiger partial charge in [0.25, 0.3) is 5.91 Å². The summed E-state index contributed by atoms with van der Waals surface area (Å²) in [6, 6.07) is 21.3. The number of halogens is 3. The molecule has 0 saturated carbocycles. The third kappa shape index (κ3) is 8.27. The number of rotatable bonds is 11. The lowest BCUT2D eigenvalue weighted by Gasteiger charge is -2.31. The molecule has 3 rings (SSSR count). The van der Waals surface area contributed by atoms with E-state index in [9.17, 15) is 9.59 Å². The normalized spacial score (nSPS) is 11.5. The van der Waals surface area contributed by atoms with E-state index in [1.54, 1.807) is 35.2 Å². The fraction of sp³-hybridized carbons (Fsp3) is 0.259. The summed E-state index contributed by atoms with van der Waals surface area (Å²) in [5, 5.41) is 4.06. The van der Waals surface area contributed by atoms with E-state index in [1.165, 1.54) is 0 Å². The second kappa shape index (κ2) is 13.5. The zero-order valence-corrected chi connectivity index (χ0v) is 22.4. The second-order valence-electron chi connectivity index (χ2n) is 8.01. The maximum absolute atomic E-state index is 13.5. The number of amides is 2. The first-order valence-electron chi connectivity index (χ1n) is 11.3. The molecular weight excluding hydrogens is 551 g/mol. The molecule has 0 heterocycles. The smallest absolute Gasteiger partial charge is 0.261 e. The molecule has 3 aromatic rings. The van der Waals surface area contributed by atoms with Gasteiger partial charge in [0.15, 0.2) is 6.61 Å². The van der Waals surface area contributed by atoms with E-state index >= 15 is 0 Å². The third-order valence-electron chi connectivity index (χ3n) is 5.31. The van der Waals surface area contributed by atoms with Crippen molar-refractivity contribution in [3.63, 3.8) is 0 Å². The first-order valence-corrected chi connectivity index (χ1v) is 12.9. The summed E-state index contributed by atoms with van der Waals surface area (Å²) in [6.07, 6.45) is 1.16. The molecule has 0 fully saturated rings. The van der Waals surface area contributed by atoms with Gasteiger partial charge in [-0.15, -0.1) is 0 Å². The molecule has 1 atom stereocenters. The van der Waals surface area contributed by atoms with Crippen molar-refractivity contribution in [3.8, 4) is 5.75 Å². The molecule has 184 valence electrons. The van der Waals surface area contributed by atoms with E-state index in [0.717, 1.165) is 17.5 Å². The largest absolute Gasteiger partial charge is 0.483 e. The summed E-state index contributed by atoms with van der Waals surface area (Å²) in [4.78, 5) is 28.4. The summed E-state index contributed by atoms with van der Waals surface area (Å²) < 4.78 is 6.44. The van der Waals surface area contributed by atoms with Crippen LogP contribution in [-0.4, -0.2) is 35.9 Å². The molecule has 0 spiro atoms. The predicted molar refractivity (Wildman–Crippen MR) is 144 cm³/mol. The Bertz CT molecular complexity index is 1140. The standard InChI is InChI=1S/C27H27BrCl2N2O3/c1-2-13-31-27(34)24(15-19-7-4-3-5-8-19)32(17-20-9-6-10-21(29)14-20)26(33)18-35-25-12-11-22(30)16-23(25)28/h3-12,14,16,24H,2,13,15,17-18H2,1H3,(H,31,34)/t24-/m0/s1. The lowest BCUT2D eigenvalue weighted by Crippen LogP contribution is -2.51. The zero-order valence-electron chi connectivity index (χ0n) is 19.3. The Morgan fingerprint density at radius 2 is 1.69 bits per heavy atom. The van der Waals surface area contributed by atoms with Crippen LogP contribution in [0.3, 0.4) is 0 Å². The van der Waals surface area contributed by atoms with Crippen molar-refractivity contribution in [1.82, 2.24) is 10.2 Å². The maximum atomic E-state index is 13.5. The monoisotopic (exact) mass is 576 g/mol. The summed E-state index contributed by atoms with van der Waals surface area (Å²) in [7, 11) is 0. The van der Waals surface area contributed by atoms with Gasteiger partial charge in [-0.1, -0.05) is 72.6 Å². The number of carbonyl (C=O) groups excluding carboxylic acids is 2. The number of carbonyl (C=O) groups is 2. The molecule has 2 amide bonds. The van der Waals surface area contributed by atoms with Gasteiger partial charge >= 0.3 is 0 Å². The van der Waals surface area contributed by atoms with E-state index in [1.807, 2.05) is 49.4 Å².